The second-order valence-corrected chi connectivity index (χ2v) is 3.13. The van der Waals surface area contributed by atoms with E-state index >= 15 is 0 Å². The van der Waals surface area contributed by atoms with Crippen LogP contribution in [0.3, 0.4) is 0 Å². The van der Waals surface area contributed by atoms with Gasteiger partial charge in [-0.2, -0.15) is 0 Å². The van der Waals surface area contributed by atoms with Crippen molar-refractivity contribution in [2.75, 3.05) is 32.9 Å². The molecule has 0 rings (SSSR count). The normalized spacial score (nSPS) is 12.4. The standard InChI is InChI=1S/C11H21NO2/c1-4-6-12-10-11(3)14-9-8-13-7-5-2/h1,11-12H,5-10H2,2-3H3. The van der Waals surface area contributed by atoms with Crippen LogP contribution in [0.15, 0.2) is 0 Å². The summed E-state index contributed by atoms with van der Waals surface area (Å²) in [4.78, 5) is 0. The van der Waals surface area contributed by atoms with E-state index in [0.717, 1.165) is 19.6 Å². The molecule has 0 saturated heterocycles. The maximum Gasteiger partial charge on any atom is 0.0704 e. The summed E-state index contributed by atoms with van der Waals surface area (Å²) in [5.41, 5.74) is 0. The van der Waals surface area contributed by atoms with E-state index in [1.807, 2.05) is 6.92 Å². The second kappa shape index (κ2) is 10.5. The van der Waals surface area contributed by atoms with Crippen molar-refractivity contribution in [1.82, 2.24) is 5.32 Å². The molecular weight excluding hydrogens is 178 g/mol. The van der Waals surface area contributed by atoms with E-state index in [0.29, 0.717) is 19.8 Å². The van der Waals surface area contributed by atoms with Gasteiger partial charge >= 0.3 is 0 Å². The Labute approximate surface area is 87.2 Å². The highest BCUT2D eigenvalue weighted by molar-refractivity contribution is 4.86. The Balaban J connectivity index is 3.10. The zero-order valence-corrected chi connectivity index (χ0v) is 9.21. The van der Waals surface area contributed by atoms with Crippen molar-refractivity contribution in [3.05, 3.63) is 0 Å². The van der Waals surface area contributed by atoms with Crippen LogP contribution in [0.25, 0.3) is 0 Å². The molecule has 14 heavy (non-hydrogen) atoms. The minimum absolute atomic E-state index is 0.188. The van der Waals surface area contributed by atoms with Gasteiger partial charge in [0.25, 0.3) is 0 Å². The number of terminal acetylenes is 1. The topological polar surface area (TPSA) is 30.5 Å². The fourth-order valence-corrected chi connectivity index (χ4v) is 0.961. The molecule has 0 heterocycles. The molecule has 0 aromatic rings. The molecule has 0 saturated carbocycles. The molecule has 0 aliphatic rings. The van der Waals surface area contributed by atoms with E-state index in [-0.39, 0.29) is 6.10 Å². The summed E-state index contributed by atoms with van der Waals surface area (Å²) in [7, 11) is 0. The Bertz CT molecular complexity index is 154. The van der Waals surface area contributed by atoms with Crippen LogP contribution in [-0.4, -0.2) is 39.0 Å². The lowest BCUT2D eigenvalue weighted by atomic mass is 10.4. The summed E-state index contributed by atoms with van der Waals surface area (Å²) < 4.78 is 10.8. The third-order valence-electron chi connectivity index (χ3n) is 1.64. The van der Waals surface area contributed by atoms with E-state index in [1.165, 1.54) is 0 Å². The molecule has 0 aromatic heterocycles. The smallest absolute Gasteiger partial charge is 0.0704 e. The van der Waals surface area contributed by atoms with Crippen molar-refractivity contribution in [1.29, 1.82) is 0 Å². The van der Waals surface area contributed by atoms with E-state index < -0.39 is 0 Å². The molecule has 0 aliphatic heterocycles. The van der Waals surface area contributed by atoms with Crippen molar-refractivity contribution in [2.45, 2.75) is 26.4 Å². The average molecular weight is 199 g/mol. The molecular formula is C11H21NO2. The van der Waals surface area contributed by atoms with Crippen LogP contribution in [0.4, 0.5) is 0 Å². The van der Waals surface area contributed by atoms with Crippen LogP contribution in [0.2, 0.25) is 0 Å². The first-order valence-corrected chi connectivity index (χ1v) is 5.14. The van der Waals surface area contributed by atoms with E-state index in [1.54, 1.807) is 0 Å². The quantitative estimate of drug-likeness (QED) is 0.444. The van der Waals surface area contributed by atoms with Gasteiger partial charge in [-0.25, -0.2) is 0 Å². The summed E-state index contributed by atoms with van der Waals surface area (Å²) in [6.45, 7) is 7.63. The van der Waals surface area contributed by atoms with E-state index in [2.05, 4.69) is 18.2 Å². The fourth-order valence-electron chi connectivity index (χ4n) is 0.961. The summed E-state index contributed by atoms with van der Waals surface area (Å²) in [5, 5.41) is 3.08. The molecule has 0 radical (unpaired) electrons. The Morgan fingerprint density at radius 1 is 1.36 bits per heavy atom. The molecule has 0 fully saturated rings. The van der Waals surface area contributed by atoms with Crippen molar-refractivity contribution >= 4 is 0 Å². The SMILES string of the molecule is C#CCNCC(C)OCCOCCC. The van der Waals surface area contributed by atoms with Gasteiger partial charge in [-0.15, -0.1) is 6.42 Å². The lowest BCUT2D eigenvalue weighted by Crippen LogP contribution is -2.28. The monoisotopic (exact) mass is 199 g/mol. The van der Waals surface area contributed by atoms with Crippen LogP contribution >= 0.6 is 0 Å². The van der Waals surface area contributed by atoms with Crippen molar-refractivity contribution in [2.24, 2.45) is 0 Å². The lowest BCUT2D eigenvalue weighted by Gasteiger charge is -2.12. The van der Waals surface area contributed by atoms with Crippen LogP contribution in [-0.2, 0) is 9.47 Å². The minimum atomic E-state index is 0.188. The zero-order chi connectivity index (χ0) is 10.6. The lowest BCUT2D eigenvalue weighted by molar-refractivity contribution is 0.0133. The number of hydrogen-bond donors (Lipinski definition) is 1. The Hall–Kier alpha value is -0.560. The van der Waals surface area contributed by atoms with Gasteiger partial charge in [-0.1, -0.05) is 12.8 Å². The number of hydrogen-bond acceptors (Lipinski definition) is 3. The predicted molar refractivity (Wildman–Crippen MR) is 58.2 cm³/mol. The van der Waals surface area contributed by atoms with Crippen LogP contribution in [0.1, 0.15) is 20.3 Å². The number of nitrogens with one attached hydrogen (secondary N) is 1. The summed E-state index contributed by atoms with van der Waals surface area (Å²) in [6, 6.07) is 0. The minimum Gasteiger partial charge on any atom is -0.379 e. The van der Waals surface area contributed by atoms with E-state index in [9.17, 15) is 0 Å². The summed E-state index contributed by atoms with van der Waals surface area (Å²) in [6.07, 6.45) is 6.34. The van der Waals surface area contributed by atoms with Crippen LogP contribution in [0, 0.1) is 12.3 Å². The van der Waals surface area contributed by atoms with Gasteiger partial charge in [0.05, 0.1) is 25.9 Å². The fraction of sp³-hybridized carbons (Fsp3) is 0.818. The number of ether oxygens (including phenoxy) is 2. The maximum absolute atomic E-state index is 5.48. The Morgan fingerprint density at radius 3 is 2.79 bits per heavy atom. The highest BCUT2D eigenvalue weighted by atomic mass is 16.5. The zero-order valence-electron chi connectivity index (χ0n) is 9.21. The van der Waals surface area contributed by atoms with Crippen molar-refractivity contribution in [3.63, 3.8) is 0 Å². The summed E-state index contributed by atoms with van der Waals surface area (Å²) in [5.74, 6) is 2.52. The second-order valence-electron chi connectivity index (χ2n) is 3.13. The number of rotatable bonds is 9. The first-order chi connectivity index (χ1) is 6.81. The molecule has 0 amide bonds. The van der Waals surface area contributed by atoms with Gasteiger partial charge in [0.15, 0.2) is 0 Å². The van der Waals surface area contributed by atoms with Crippen LogP contribution in [0.5, 0.6) is 0 Å². The third-order valence-corrected chi connectivity index (χ3v) is 1.64. The third kappa shape index (κ3) is 9.53. The van der Waals surface area contributed by atoms with Crippen molar-refractivity contribution in [3.8, 4) is 12.3 Å². The van der Waals surface area contributed by atoms with Gasteiger partial charge in [0, 0.05) is 13.2 Å². The van der Waals surface area contributed by atoms with E-state index in [4.69, 9.17) is 15.9 Å². The highest BCUT2D eigenvalue weighted by Crippen LogP contribution is 1.89. The van der Waals surface area contributed by atoms with Gasteiger partial charge in [-0.3, -0.25) is 0 Å². The highest BCUT2D eigenvalue weighted by Gasteiger charge is 1.99. The molecule has 1 unspecified atom stereocenters. The van der Waals surface area contributed by atoms with Gasteiger partial charge in [-0.05, 0) is 13.3 Å². The average Bonchev–Trinajstić information content (AvgIpc) is 2.18. The molecule has 0 spiro atoms. The van der Waals surface area contributed by atoms with Gasteiger partial charge in [0.1, 0.15) is 0 Å². The van der Waals surface area contributed by atoms with Gasteiger partial charge < -0.3 is 14.8 Å². The predicted octanol–water partition coefficient (Wildman–Crippen LogP) is 1.04. The molecule has 1 atom stereocenters. The molecule has 3 heteroatoms. The Morgan fingerprint density at radius 2 is 2.14 bits per heavy atom. The molecule has 0 bridgehead atoms. The van der Waals surface area contributed by atoms with Crippen molar-refractivity contribution < 1.29 is 9.47 Å². The molecule has 0 aliphatic carbocycles. The molecule has 82 valence electrons. The summed E-state index contributed by atoms with van der Waals surface area (Å²) >= 11 is 0. The first kappa shape index (κ1) is 13.4. The molecule has 1 N–H and O–H groups in total. The van der Waals surface area contributed by atoms with Gasteiger partial charge in [0.2, 0.25) is 0 Å². The Kier molecular flexibility index (Phi) is 10.1. The maximum atomic E-state index is 5.48. The van der Waals surface area contributed by atoms with Crippen LogP contribution < -0.4 is 5.32 Å². The molecule has 0 aromatic carbocycles. The molecule has 3 nitrogen and oxygen atoms in total. The first-order valence-electron chi connectivity index (χ1n) is 5.14. The largest absolute Gasteiger partial charge is 0.379 e.